The number of phenols is 1. The SMILES string of the molecule is Oc1ccc(N2CCN(Cc3ccccc3)CC2)c(F)c1. The topological polar surface area (TPSA) is 26.7 Å². The molecule has 0 atom stereocenters. The average molecular weight is 286 g/mol. The fourth-order valence-corrected chi connectivity index (χ4v) is 2.74. The molecule has 1 saturated heterocycles. The summed E-state index contributed by atoms with van der Waals surface area (Å²) < 4.78 is 13.9. The molecule has 0 amide bonds. The Kier molecular flexibility index (Phi) is 4.06. The van der Waals surface area contributed by atoms with Crippen LogP contribution in [0.15, 0.2) is 48.5 Å². The molecule has 1 N–H and O–H groups in total. The van der Waals surface area contributed by atoms with E-state index in [2.05, 4.69) is 29.2 Å². The molecule has 0 aliphatic carbocycles. The molecule has 0 unspecified atom stereocenters. The standard InChI is InChI=1S/C17H19FN2O/c18-16-12-15(21)6-7-17(16)20-10-8-19(9-11-20)13-14-4-2-1-3-5-14/h1-7,12,21H,8-11,13H2. The van der Waals surface area contributed by atoms with E-state index in [1.807, 2.05) is 11.0 Å². The highest BCUT2D eigenvalue weighted by atomic mass is 19.1. The van der Waals surface area contributed by atoms with Crippen molar-refractivity contribution in [2.75, 3.05) is 31.1 Å². The first-order valence-corrected chi connectivity index (χ1v) is 7.22. The maximum absolute atomic E-state index is 13.9. The van der Waals surface area contributed by atoms with Gasteiger partial charge in [0.15, 0.2) is 0 Å². The molecule has 4 heteroatoms. The number of aromatic hydroxyl groups is 1. The number of phenolic OH excluding ortho intramolecular Hbond substituents is 1. The number of anilines is 1. The van der Waals surface area contributed by atoms with Crippen LogP contribution in [0, 0.1) is 5.82 Å². The summed E-state index contributed by atoms with van der Waals surface area (Å²) in [7, 11) is 0. The maximum Gasteiger partial charge on any atom is 0.150 e. The third-order valence-electron chi connectivity index (χ3n) is 3.89. The van der Waals surface area contributed by atoms with Gasteiger partial charge in [-0.1, -0.05) is 30.3 Å². The van der Waals surface area contributed by atoms with Gasteiger partial charge in [-0.2, -0.15) is 0 Å². The first-order chi connectivity index (χ1) is 10.2. The number of rotatable bonds is 3. The summed E-state index contributed by atoms with van der Waals surface area (Å²) in [6.07, 6.45) is 0. The number of piperazine rings is 1. The zero-order valence-corrected chi connectivity index (χ0v) is 11.9. The number of benzene rings is 2. The third-order valence-corrected chi connectivity index (χ3v) is 3.89. The monoisotopic (exact) mass is 286 g/mol. The van der Waals surface area contributed by atoms with Crippen molar-refractivity contribution in [3.63, 3.8) is 0 Å². The van der Waals surface area contributed by atoms with Gasteiger partial charge in [-0.05, 0) is 17.7 Å². The molecule has 3 nitrogen and oxygen atoms in total. The highest BCUT2D eigenvalue weighted by Crippen LogP contribution is 2.24. The summed E-state index contributed by atoms with van der Waals surface area (Å²) in [5, 5.41) is 9.28. The molecule has 0 saturated carbocycles. The van der Waals surface area contributed by atoms with Crippen LogP contribution in [0.5, 0.6) is 5.75 Å². The predicted octanol–water partition coefficient (Wildman–Crippen LogP) is 2.85. The van der Waals surface area contributed by atoms with E-state index in [0.717, 1.165) is 32.7 Å². The van der Waals surface area contributed by atoms with Crippen LogP contribution in [0.1, 0.15) is 5.56 Å². The van der Waals surface area contributed by atoms with Gasteiger partial charge >= 0.3 is 0 Å². The summed E-state index contributed by atoms with van der Waals surface area (Å²) in [6.45, 7) is 4.36. The lowest BCUT2D eigenvalue weighted by atomic mass is 10.2. The molecule has 110 valence electrons. The Morgan fingerprint density at radius 2 is 1.67 bits per heavy atom. The number of hydrogen-bond donors (Lipinski definition) is 1. The van der Waals surface area contributed by atoms with Crippen LogP contribution in [0.2, 0.25) is 0 Å². The second kappa shape index (κ2) is 6.14. The van der Waals surface area contributed by atoms with Crippen molar-refractivity contribution in [2.24, 2.45) is 0 Å². The Labute approximate surface area is 124 Å². The smallest absolute Gasteiger partial charge is 0.150 e. The highest BCUT2D eigenvalue weighted by molar-refractivity contribution is 5.50. The molecule has 1 aliphatic heterocycles. The lowest BCUT2D eigenvalue weighted by molar-refractivity contribution is 0.249. The van der Waals surface area contributed by atoms with E-state index in [-0.39, 0.29) is 11.6 Å². The van der Waals surface area contributed by atoms with Gasteiger partial charge in [0.25, 0.3) is 0 Å². The Bertz CT molecular complexity index is 595. The minimum Gasteiger partial charge on any atom is -0.508 e. The summed E-state index contributed by atoms with van der Waals surface area (Å²) >= 11 is 0. The molecule has 0 aromatic heterocycles. The van der Waals surface area contributed by atoms with Crippen LogP contribution < -0.4 is 4.90 Å². The van der Waals surface area contributed by atoms with E-state index in [1.54, 1.807) is 6.07 Å². The van der Waals surface area contributed by atoms with E-state index < -0.39 is 0 Å². The van der Waals surface area contributed by atoms with Crippen molar-refractivity contribution in [2.45, 2.75) is 6.54 Å². The fourth-order valence-electron chi connectivity index (χ4n) is 2.74. The van der Waals surface area contributed by atoms with Crippen LogP contribution in [-0.4, -0.2) is 36.2 Å². The van der Waals surface area contributed by atoms with E-state index in [9.17, 15) is 9.50 Å². The molecule has 1 fully saturated rings. The predicted molar refractivity (Wildman–Crippen MR) is 82.0 cm³/mol. The van der Waals surface area contributed by atoms with E-state index >= 15 is 0 Å². The van der Waals surface area contributed by atoms with Crippen molar-refractivity contribution in [3.05, 3.63) is 59.9 Å². The average Bonchev–Trinajstić information content (AvgIpc) is 2.49. The minimum absolute atomic E-state index is 0.0287. The number of halogens is 1. The Morgan fingerprint density at radius 3 is 2.33 bits per heavy atom. The summed E-state index contributed by atoms with van der Waals surface area (Å²) in [5.41, 5.74) is 1.88. The van der Waals surface area contributed by atoms with Gasteiger partial charge in [-0.3, -0.25) is 4.90 Å². The van der Waals surface area contributed by atoms with Gasteiger partial charge in [0.2, 0.25) is 0 Å². The summed E-state index contributed by atoms with van der Waals surface area (Å²) in [5.74, 6) is -0.384. The molecule has 3 rings (SSSR count). The lowest BCUT2D eigenvalue weighted by Gasteiger charge is -2.36. The number of nitrogens with zero attached hydrogens (tertiary/aromatic N) is 2. The molecular formula is C17H19FN2O. The Balaban J connectivity index is 1.60. The van der Waals surface area contributed by atoms with Crippen molar-refractivity contribution < 1.29 is 9.50 Å². The van der Waals surface area contributed by atoms with E-state index in [0.29, 0.717) is 5.69 Å². The quantitative estimate of drug-likeness (QED) is 0.940. The Hall–Kier alpha value is -2.07. The van der Waals surface area contributed by atoms with Crippen LogP contribution in [-0.2, 0) is 6.54 Å². The van der Waals surface area contributed by atoms with E-state index in [1.165, 1.54) is 17.7 Å². The van der Waals surface area contributed by atoms with Crippen molar-refractivity contribution in [1.82, 2.24) is 4.90 Å². The van der Waals surface area contributed by atoms with Crippen LogP contribution >= 0.6 is 0 Å². The zero-order chi connectivity index (χ0) is 14.7. The van der Waals surface area contributed by atoms with Gasteiger partial charge in [0.05, 0.1) is 5.69 Å². The van der Waals surface area contributed by atoms with Gasteiger partial charge in [0.1, 0.15) is 11.6 Å². The van der Waals surface area contributed by atoms with Gasteiger partial charge in [0, 0.05) is 38.8 Å². The molecule has 0 spiro atoms. The molecule has 0 radical (unpaired) electrons. The second-order valence-corrected chi connectivity index (χ2v) is 5.38. The largest absolute Gasteiger partial charge is 0.508 e. The lowest BCUT2D eigenvalue weighted by Crippen LogP contribution is -2.46. The first kappa shape index (κ1) is 13.9. The van der Waals surface area contributed by atoms with Crippen molar-refractivity contribution in [3.8, 4) is 5.75 Å². The molecule has 1 aliphatic rings. The molecule has 0 bridgehead atoms. The van der Waals surface area contributed by atoms with Crippen LogP contribution in [0.4, 0.5) is 10.1 Å². The molecule has 2 aromatic carbocycles. The zero-order valence-electron chi connectivity index (χ0n) is 11.9. The molecular weight excluding hydrogens is 267 g/mol. The van der Waals surface area contributed by atoms with Crippen molar-refractivity contribution in [1.29, 1.82) is 0 Å². The normalized spacial score (nSPS) is 16.1. The molecule has 2 aromatic rings. The maximum atomic E-state index is 13.9. The Morgan fingerprint density at radius 1 is 0.952 bits per heavy atom. The van der Waals surface area contributed by atoms with E-state index in [4.69, 9.17) is 0 Å². The summed E-state index contributed by atoms with van der Waals surface area (Å²) in [6, 6.07) is 14.7. The highest BCUT2D eigenvalue weighted by Gasteiger charge is 2.19. The van der Waals surface area contributed by atoms with Crippen molar-refractivity contribution >= 4 is 5.69 Å². The van der Waals surface area contributed by atoms with Gasteiger partial charge in [-0.15, -0.1) is 0 Å². The van der Waals surface area contributed by atoms with Crippen LogP contribution in [0.25, 0.3) is 0 Å². The third kappa shape index (κ3) is 3.34. The minimum atomic E-state index is -0.355. The van der Waals surface area contributed by atoms with Gasteiger partial charge in [-0.25, -0.2) is 4.39 Å². The first-order valence-electron chi connectivity index (χ1n) is 7.22. The molecule has 1 heterocycles. The number of hydrogen-bond acceptors (Lipinski definition) is 3. The summed E-state index contributed by atoms with van der Waals surface area (Å²) in [4.78, 5) is 4.42. The van der Waals surface area contributed by atoms with Crippen LogP contribution in [0.3, 0.4) is 0 Å². The van der Waals surface area contributed by atoms with Gasteiger partial charge < -0.3 is 10.0 Å². The second-order valence-electron chi connectivity index (χ2n) is 5.38. The molecule has 21 heavy (non-hydrogen) atoms. The fraction of sp³-hybridized carbons (Fsp3) is 0.294.